The van der Waals surface area contributed by atoms with Crippen LogP contribution < -0.4 is 4.90 Å². The van der Waals surface area contributed by atoms with E-state index in [0.29, 0.717) is 5.56 Å². The van der Waals surface area contributed by atoms with Crippen LogP contribution in [-0.4, -0.2) is 0 Å². The second kappa shape index (κ2) is 12.4. The van der Waals surface area contributed by atoms with Gasteiger partial charge >= 0.3 is 0 Å². The zero-order valence-corrected chi connectivity index (χ0v) is 29.9. The van der Waals surface area contributed by atoms with Gasteiger partial charge < -0.3 is 4.90 Å². The lowest BCUT2D eigenvalue weighted by Gasteiger charge is -2.28. The second-order valence-corrected chi connectivity index (χ2v) is 14.8. The van der Waals surface area contributed by atoms with E-state index in [1.807, 2.05) is 83.8 Å². The summed E-state index contributed by atoms with van der Waals surface area (Å²) in [4.78, 5) is 1.93. The van der Waals surface area contributed by atoms with Crippen LogP contribution in [0.1, 0.15) is 5.48 Å². The van der Waals surface area contributed by atoms with Crippen molar-refractivity contribution in [2.75, 3.05) is 4.90 Å². The molecule has 0 unspecified atom stereocenters. The summed E-state index contributed by atoms with van der Waals surface area (Å²) in [6.07, 6.45) is 0. The Kier molecular flexibility index (Phi) is 6.21. The molecule has 0 aliphatic carbocycles. The van der Waals surface area contributed by atoms with Gasteiger partial charge in [-0.05, 0) is 102 Å². The van der Waals surface area contributed by atoms with Crippen LogP contribution in [0.5, 0.6) is 0 Å². The Balaban J connectivity index is 1.16. The molecule has 0 N–H and O–H groups in total. The summed E-state index contributed by atoms with van der Waals surface area (Å²) in [6, 6.07) is 59.7. The van der Waals surface area contributed by atoms with E-state index in [0.717, 1.165) is 65.6 Å². The Bertz CT molecular complexity index is 3430. The lowest BCUT2D eigenvalue weighted by Crippen LogP contribution is -2.10. The average molecular weight is 708 g/mol. The minimum absolute atomic E-state index is 0.0837. The maximum Gasteiger partial charge on any atom is 0.0645 e. The fraction of sp³-hybridized carbons (Fsp3) is 0. The van der Waals surface area contributed by atoms with Crippen LogP contribution >= 0.6 is 11.3 Å². The van der Waals surface area contributed by atoms with Crippen LogP contribution in [0.15, 0.2) is 200 Å². The smallest absolute Gasteiger partial charge is 0.0645 e. The maximum absolute atomic E-state index is 9.78. The van der Waals surface area contributed by atoms with E-state index in [4.69, 9.17) is 0 Å². The summed E-state index contributed by atoms with van der Waals surface area (Å²) in [5, 5.41) is 10.5. The molecule has 54 heavy (non-hydrogen) atoms. The van der Waals surface area contributed by atoms with Crippen molar-refractivity contribution in [2.45, 2.75) is 0 Å². The minimum Gasteiger partial charge on any atom is -0.310 e. The fourth-order valence-corrected chi connectivity index (χ4v) is 9.42. The maximum atomic E-state index is 9.78. The Labute approximate surface area is 323 Å². The largest absolute Gasteiger partial charge is 0.310 e. The van der Waals surface area contributed by atoms with Crippen molar-refractivity contribution in [3.05, 3.63) is 200 Å². The second-order valence-electron chi connectivity index (χ2n) is 13.7. The van der Waals surface area contributed by atoms with Gasteiger partial charge in [-0.25, -0.2) is 0 Å². The van der Waals surface area contributed by atoms with Gasteiger partial charge in [0.15, 0.2) is 0 Å². The first-order valence-corrected chi connectivity index (χ1v) is 19.0. The Morgan fingerprint density at radius 2 is 0.926 bits per heavy atom. The first-order chi connectivity index (χ1) is 28.5. The summed E-state index contributed by atoms with van der Waals surface area (Å²) < 4.78 is 41.4. The monoisotopic (exact) mass is 707 g/mol. The van der Waals surface area contributed by atoms with Crippen molar-refractivity contribution in [2.24, 2.45) is 0 Å². The van der Waals surface area contributed by atoms with E-state index in [1.165, 1.54) is 20.2 Å². The number of thiophene rings is 1. The Morgan fingerprint density at radius 3 is 1.65 bits per heavy atom. The van der Waals surface area contributed by atoms with Crippen LogP contribution in [0.25, 0.3) is 85.5 Å². The third-order valence-electron chi connectivity index (χ3n) is 10.7. The molecular formula is C52H33NS. The predicted molar refractivity (Wildman–Crippen MR) is 235 cm³/mol. The first kappa shape index (κ1) is 26.9. The van der Waals surface area contributed by atoms with Gasteiger partial charge in [0.2, 0.25) is 0 Å². The predicted octanol–water partition coefficient (Wildman–Crippen LogP) is 15.5. The number of fused-ring (bicyclic) bond motifs is 9. The quantitative estimate of drug-likeness (QED) is 0.161. The number of benzene rings is 10. The molecule has 0 bridgehead atoms. The fourth-order valence-electron chi connectivity index (χ4n) is 8.19. The van der Waals surface area contributed by atoms with Crippen LogP contribution in [0.2, 0.25) is 0 Å². The summed E-state index contributed by atoms with van der Waals surface area (Å²) in [6.45, 7) is 0. The van der Waals surface area contributed by atoms with Crippen molar-refractivity contribution in [1.82, 2.24) is 0 Å². The molecule has 0 amide bonds. The molecule has 1 heterocycles. The molecule has 252 valence electrons. The van der Waals surface area contributed by atoms with Gasteiger partial charge in [0.1, 0.15) is 0 Å². The molecule has 1 aromatic heterocycles. The number of hydrogen-bond acceptors (Lipinski definition) is 2. The summed E-state index contributed by atoms with van der Waals surface area (Å²) in [5.41, 5.74) is 4.88. The van der Waals surface area contributed by atoms with Crippen molar-refractivity contribution >= 4 is 91.7 Å². The molecule has 0 aliphatic heterocycles. The van der Waals surface area contributed by atoms with Crippen LogP contribution in [0.3, 0.4) is 0 Å². The van der Waals surface area contributed by atoms with Crippen molar-refractivity contribution in [1.29, 1.82) is 0 Å². The number of nitrogens with zero attached hydrogens (tertiary/aromatic N) is 1. The third-order valence-corrected chi connectivity index (χ3v) is 11.9. The van der Waals surface area contributed by atoms with E-state index in [1.54, 1.807) is 11.3 Å². The SMILES string of the molecule is [2H]c1c([2H])c(N(c2ccc(-c3cccc4c3sc3ccccc34)cc2)c2cc3ccccc3c3ccccc23)c([2H])c([2H])c1-c1cc2ccccc2c2ccccc12. The molecule has 0 fully saturated rings. The van der Waals surface area contributed by atoms with Gasteiger partial charge in [-0.15, -0.1) is 11.3 Å². The van der Waals surface area contributed by atoms with E-state index in [9.17, 15) is 5.48 Å². The Morgan fingerprint density at radius 1 is 0.370 bits per heavy atom. The highest BCUT2D eigenvalue weighted by molar-refractivity contribution is 7.26. The van der Waals surface area contributed by atoms with Crippen molar-refractivity contribution in [3.8, 4) is 22.3 Å². The van der Waals surface area contributed by atoms with Gasteiger partial charge in [0, 0.05) is 36.9 Å². The molecular weight excluding hydrogens is 671 g/mol. The highest BCUT2D eigenvalue weighted by atomic mass is 32.1. The van der Waals surface area contributed by atoms with E-state index in [2.05, 4.69) is 97.1 Å². The van der Waals surface area contributed by atoms with Gasteiger partial charge in [-0.3, -0.25) is 0 Å². The average Bonchev–Trinajstić information content (AvgIpc) is 3.66. The molecule has 0 atom stereocenters. The van der Waals surface area contributed by atoms with E-state index < -0.39 is 0 Å². The highest BCUT2D eigenvalue weighted by Crippen LogP contribution is 2.45. The molecule has 1 nitrogen and oxygen atoms in total. The van der Waals surface area contributed by atoms with Crippen molar-refractivity contribution < 1.29 is 5.48 Å². The summed E-state index contributed by atoms with van der Waals surface area (Å²) >= 11 is 1.80. The van der Waals surface area contributed by atoms with Gasteiger partial charge in [-0.1, -0.05) is 158 Å². The highest BCUT2D eigenvalue weighted by Gasteiger charge is 2.19. The van der Waals surface area contributed by atoms with Crippen LogP contribution in [0.4, 0.5) is 17.1 Å². The topological polar surface area (TPSA) is 3.24 Å². The molecule has 10 aromatic carbocycles. The standard InChI is InChI=1S/C52H33NS/c1-3-14-40-36(12-1)32-49(45-18-6-5-16-43(40)45)35-26-30-39(31-27-35)53(50-33-37-13-2-4-15-41(37)44-17-7-8-19-46(44)50)38-28-24-34(25-29-38)42-21-11-22-48-47-20-9-10-23-51(47)54-52(42)48/h1-33H/i26D,27D,30D,31D. The Hall–Kier alpha value is -6.74. The molecule has 0 saturated carbocycles. The first-order valence-electron chi connectivity index (χ1n) is 20.2. The molecule has 0 aliphatic rings. The molecule has 0 saturated heterocycles. The lowest BCUT2D eigenvalue weighted by molar-refractivity contribution is 1.30. The minimum atomic E-state index is -0.107. The summed E-state index contributed by atoms with van der Waals surface area (Å²) in [5.74, 6) is 0. The van der Waals surface area contributed by atoms with Crippen LogP contribution in [-0.2, 0) is 0 Å². The zero-order chi connectivity index (χ0) is 39.1. The number of anilines is 3. The normalized spacial score (nSPS) is 12.7. The van der Waals surface area contributed by atoms with Gasteiger partial charge in [0.25, 0.3) is 0 Å². The molecule has 0 spiro atoms. The van der Waals surface area contributed by atoms with Gasteiger partial charge in [0.05, 0.1) is 11.2 Å². The molecule has 11 aromatic rings. The van der Waals surface area contributed by atoms with E-state index >= 15 is 0 Å². The number of hydrogen-bond donors (Lipinski definition) is 0. The van der Waals surface area contributed by atoms with Crippen molar-refractivity contribution in [3.63, 3.8) is 0 Å². The number of rotatable bonds is 5. The lowest BCUT2D eigenvalue weighted by atomic mass is 9.93. The zero-order valence-electron chi connectivity index (χ0n) is 33.1. The third kappa shape index (κ3) is 4.92. The van der Waals surface area contributed by atoms with E-state index in [-0.39, 0.29) is 35.4 Å². The summed E-state index contributed by atoms with van der Waals surface area (Å²) in [7, 11) is 0. The molecule has 2 heteroatoms. The van der Waals surface area contributed by atoms with Gasteiger partial charge in [-0.2, -0.15) is 0 Å². The molecule has 0 radical (unpaired) electrons. The van der Waals surface area contributed by atoms with Crippen LogP contribution in [0, 0.1) is 0 Å². The molecule has 11 rings (SSSR count).